The van der Waals surface area contributed by atoms with Crippen LogP contribution >= 0.6 is 0 Å². The molecule has 7 heteroatoms. The summed E-state index contributed by atoms with van der Waals surface area (Å²) >= 11 is 0. The molecule has 7 nitrogen and oxygen atoms in total. The Morgan fingerprint density at radius 2 is 2.30 bits per heavy atom. The van der Waals surface area contributed by atoms with Gasteiger partial charge in [-0.3, -0.25) is 0 Å². The van der Waals surface area contributed by atoms with Crippen LogP contribution in [0.3, 0.4) is 0 Å². The van der Waals surface area contributed by atoms with E-state index in [-0.39, 0.29) is 0 Å². The molecule has 1 aromatic rings. The Morgan fingerprint density at radius 1 is 1.48 bits per heavy atom. The second kappa shape index (κ2) is 8.86. The lowest BCUT2D eigenvalue weighted by Gasteiger charge is -2.23. The highest BCUT2D eigenvalue weighted by Gasteiger charge is 2.17. The van der Waals surface area contributed by atoms with Gasteiger partial charge in [-0.15, -0.1) is 10.2 Å². The first-order chi connectivity index (χ1) is 11.1. The van der Waals surface area contributed by atoms with E-state index in [4.69, 9.17) is 9.73 Å². The number of rotatable bonds is 7. The third-order valence-corrected chi connectivity index (χ3v) is 4.27. The molecule has 1 atom stereocenters. The molecule has 1 unspecified atom stereocenters. The van der Waals surface area contributed by atoms with Crippen LogP contribution in [-0.2, 0) is 18.3 Å². The van der Waals surface area contributed by atoms with Gasteiger partial charge < -0.3 is 19.5 Å². The minimum atomic E-state index is 0.303. The number of aryl methyl sites for hydroxylation is 1. The molecule has 0 spiro atoms. The number of hydrogen-bond acceptors (Lipinski definition) is 4. The van der Waals surface area contributed by atoms with Crippen LogP contribution in [0.5, 0.6) is 0 Å². The molecule has 1 aliphatic rings. The van der Waals surface area contributed by atoms with Crippen LogP contribution in [0.15, 0.2) is 4.99 Å². The minimum absolute atomic E-state index is 0.303. The lowest BCUT2D eigenvalue weighted by atomic mass is 10.2. The summed E-state index contributed by atoms with van der Waals surface area (Å²) in [6.07, 6.45) is 4.91. The van der Waals surface area contributed by atoms with Crippen molar-refractivity contribution in [3.05, 3.63) is 11.6 Å². The van der Waals surface area contributed by atoms with Crippen molar-refractivity contribution >= 4 is 5.96 Å². The summed E-state index contributed by atoms with van der Waals surface area (Å²) in [6, 6.07) is 0. The van der Waals surface area contributed by atoms with Crippen molar-refractivity contribution < 1.29 is 4.74 Å². The van der Waals surface area contributed by atoms with Gasteiger partial charge in [-0.25, -0.2) is 4.99 Å². The van der Waals surface area contributed by atoms with Crippen LogP contribution in [0.1, 0.15) is 44.3 Å². The number of unbranched alkanes of at least 4 members (excludes halogenated alkanes) is 1. The maximum atomic E-state index is 5.69. The Hall–Kier alpha value is -1.63. The van der Waals surface area contributed by atoms with Gasteiger partial charge in [0.15, 0.2) is 11.8 Å². The maximum absolute atomic E-state index is 5.69. The van der Waals surface area contributed by atoms with Crippen LogP contribution in [-0.4, -0.2) is 58.5 Å². The maximum Gasteiger partial charge on any atom is 0.194 e. The number of nitrogens with one attached hydrogen (secondary N) is 1. The van der Waals surface area contributed by atoms with Crippen molar-refractivity contribution in [2.75, 3.05) is 26.7 Å². The fourth-order valence-corrected chi connectivity index (χ4v) is 2.56. The SMILES string of the molecule is CCCCN(C)C(=NCc1nnc(C)n1C)NCC1CCCO1. The predicted octanol–water partition coefficient (Wildman–Crippen LogP) is 1.48. The zero-order valence-corrected chi connectivity index (χ0v) is 14.9. The fraction of sp³-hybridized carbons (Fsp3) is 0.812. The van der Waals surface area contributed by atoms with E-state index in [0.717, 1.165) is 56.6 Å². The Labute approximate surface area is 139 Å². The van der Waals surface area contributed by atoms with E-state index in [2.05, 4.69) is 34.4 Å². The summed E-state index contributed by atoms with van der Waals surface area (Å²) in [5.74, 6) is 2.70. The van der Waals surface area contributed by atoms with Crippen LogP contribution in [0.2, 0.25) is 0 Å². The van der Waals surface area contributed by atoms with Gasteiger partial charge in [0.2, 0.25) is 0 Å². The first-order valence-corrected chi connectivity index (χ1v) is 8.57. The molecule has 0 saturated carbocycles. The molecule has 1 fully saturated rings. The highest BCUT2D eigenvalue weighted by atomic mass is 16.5. The molecule has 1 saturated heterocycles. The van der Waals surface area contributed by atoms with Crippen molar-refractivity contribution in [3.8, 4) is 0 Å². The van der Waals surface area contributed by atoms with Gasteiger partial charge in [-0.05, 0) is 26.2 Å². The second-order valence-electron chi connectivity index (χ2n) is 6.15. The van der Waals surface area contributed by atoms with Crippen molar-refractivity contribution in [2.24, 2.45) is 12.0 Å². The normalized spacial score (nSPS) is 18.4. The Balaban J connectivity index is 1.98. The van der Waals surface area contributed by atoms with Crippen molar-refractivity contribution in [3.63, 3.8) is 0 Å². The molecule has 2 heterocycles. The lowest BCUT2D eigenvalue weighted by molar-refractivity contribution is 0.113. The van der Waals surface area contributed by atoms with E-state index < -0.39 is 0 Å². The number of guanidine groups is 1. The molecule has 0 aliphatic carbocycles. The monoisotopic (exact) mass is 322 g/mol. The van der Waals surface area contributed by atoms with E-state index in [1.54, 1.807) is 0 Å². The quantitative estimate of drug-likeness (QED) is 0.608. The van der Waals surface area contributed by atoms with Crippen LogP contribution in [0.4, 0.5) is 0 Å². The van der Waals surface area contributed by atoms with Crippen LogP contribution in [0, 0.1) is 6.92 Å². The Morgan fingerprint density at radius 3 is 2.91 bits per heavy atom. The number of nitrogens with zero attached hydrogens (tertiary/aromatic N) is 5. The van der Waals surface area contributed by atoms with E-state index in [9.17, 15) is 0 Å². The molecule has 0 bridgehead atoms. The highest BCUT2D eigenvalue weighted by molar-refractivity contribution is 5.79. The molecule has 0 aromatic carbocycles. The summed E-state index contributed by atoms with van der Waals surface area (Å²) in [7, 11) is 4.05. The van der Waals surface area contributed by atoms with Gasteiger partial charge in [0.05, 0.1) is 6.10 Å². The van der Waals surface area contributed by atoms with Crippen LogP contribution < -0.4 is 5.32 Å². The van der Waals surface area contributed by atoms with Gasteiger partial charge in [-0.1, -0.05) is 13.3 Å². The summed E-state index contributed by atoms with van der Waals surface area (Å²) < 4.78 is 7.67. The van der Waals surface area contributed by atoms with E-state index >= 15 is 0 Å². The number of aromatic nitrogens is 3. The highest BCUT2D eigenvalue weighted by Crippen LogP contribution is 2.10. The summed E-state index contributed by atoms with van der Waals surface area (Å²) in [5, 5.41) is 11.7. The smallest absolute Gasteiger partial charge is 0.194 e. The molecule has 1 aliphatic heterocycles. The molecule has 2 rings (SSSR count). The van der Waals surface area contributed by atoms with E-state index in [1.807, 2.05) is 18.5 Å². The van der Waals surface area contributed by atoms with Gasteiger partial charge >= 0.3 is 0 Å². The largest absolute Gasteiger partial charge is 0.376 e. The van der Waals surface area contributed by atoms with Gasteiger partial charge in [-0.2, -0.15) is 0 Å². The number of aliphatic imine (C=N–C) groups is 1. The predicted molar refractivity (Wildman–Crippen MR) is 91.4 cm³/mol. The molecule has 23 heavy (non-hydrogen) atoms. The van der Waals surface area contributed by atoms with Crippen molar-refractivity contribution in [1.82, 2.24) is 25.0 Å². The zero-order valence-electron chi connectivity index (χ0n) is 14.9. The first-order valence-electron chi connectivity index (χ1n) is 8.57. The third-order valence-electron chi connectivity index (χ3n) is 4.27. The number of hydrogen-bond donors (Lipinski definition) is 1. The molecular weight excluding hydrogens is 292 g/mol. The average Bonchev–Trinajstić information content (AvgIpc) is 3.17. The summed E-state index contributed by atoms with van der Waals surface area (Å²) in [6.45, 7) is 7.36. The van der Waals surface area contributed by atoms with E-state index in [1.165, 1.54) is 6.42 Å². The molecule has 130 valence electrons. The van der Waals surface area contributed by atoms with Gasteiger partial charge in [0.25, 0.3) is 0 Å². The topological polar surface area (TPSA) is 67.6 Å². The van der Waals surface area contributed by atoms with Gasteiger partial charge in [0, 0.05) is 33.8 Å². The average molecular weight is 322 g/mol. The standard InChI is InChI=1S/C16H30N6O/c1-5-6-9-21(3)16(17-11-14-8-7-10-23-14)18-12-15-20-19-13(2)22(15)4/h14H,5-12H2,1-4H3,(H,17,18). The first kappa shape index (κ1) is 17.7. The second-order valence-corrected chi connectivity index (χ2v) is 6.15. The Kier molecular flexibility index (Phi) is 6.83. The third kappa shape index (κ3) is 5.20. The van der Waals surface area contributed by atoms with Crippen molar-refractivity contribution in [2.45, 2.75) is 52.2 Å². The minimum Gasteiger partial charge on any atom is -0.376 e. The molecular formula is C16H30N6O. The summed E-state index contributed by atoms with van der Waals surface area (Å²) in [4.78, 5) is 6.92. The molecule has 1 aromatic heterocycles. The van der Waals surface area contributed by atoms with Crippen molar-refractivity contribution in [1.29, 1.82) is 0 Å². The Bertz CT molecular complexity index is 507. The van der Waals surface area contributed by atoms with Crippen LogP contribution in [0.25, 0.3) is 0 Å². The molecule has 1 N–H and O–H groups in total. The summed E-state index contributed by atoms with van der Waals surface area (Å²) in [5.41, 5.74) is 0. The van der Waals surface area contributed by atoms with E-state index in [0.29, 0.717) is 12.6 Å². The number of ether oxygens (including phenoxy) is 1. The van der Waals surface area contributed by atoms with Gasteiger partial charge in [0.1, 0.15) is 12.4 Å². The zero-order chi connectivity index (χ0) is 16.7. The molecule has 0 radical (unpaired) electrons. The molecule has 0 amide bonds. The fourth-order valence-electron chi connectivity index (χ4n) is 2.56. The lowest BCUT2D eigenvalue weighted by Crippen LogP contribution is -2.42.